The quantitative estimate of drug-likeness (QED) is 0.257. The third-order valence-electron chi connectivity index (χ3n) is 3.37. The van der Waals surface area contributed by atoms with E-state index in [-0.39, 0.29) is 30.1 Å². The molecule has 2 aromatic carbocycles. The summed E-state index contributed by atoms with van der Waals surface area (Å²) in [6.07, 6.45) is 0.963. The number of nitrogens with zero attached hydrogens (tertiary/aromatic N) is 1. The summed E-state index contributed by atoms with van der Waals surface area (Å²) in [6.45, 7) is 7.28. The molecule has 0 aliphatic carbocycles. The molecular weight excluding hydrogens is 441 g/mol. The van der Waals surface area contributed by atoms with Gasteiger partial charge in [0.1, 0.15) is 11.5 Å². The number of ether oxygens (including phenoxy) is 2. The molecule has 0 atom stereocenters. The number of aryl methyl sites for hydroxylation is 1. The maximum Gasteiger partial charge on any atom is 0.193 e. The molecule has 0 radical (unpaired) electrons. The number of rotatable bonds is 8. The zero-order valence-corrected chi connectivity index (χ0v) is 17.9. The first-order valence-electron chi connectivity index (χ1n) is 8.56. The highest BCUT2D eigenvalue weighted by atomic mass is 127. The summed E-state index contributed by atoms with van der Waals surface area (Å²) in [5.74, 6) is 2.11. The molecule has 0 aromatic heterocycles. The van der Waals surface area contributed by atoms with Crippen molar-refractivity contribution >= 4 is 35.6 Å². The van der Waals surface area contributed by atoms with Crippen LogP contribution in [0.4, 0.5) is 5.69 Å². The van der Waals surface area contributed by atoms with Crippen LogP contribution in [0.1, 0.15) is 25.8 Å². The average Bonchev–Trinajstić information content (AvgIpc) is 2.57. The van der Waals surface area contributed by atoms with Crippen LogP contribution in [0.25, 0.3) is 0 Å². The molecule has 2 aromatic rings. The summed E-state index contributed by atoms with van der Waals surface area (Å²) < 4.78 is 11.3. The van der Waals surface area contributed by atoms with Crippen LogP contribution in [0.15, 0.2) is 53.5 Å². The highest BCUT2D eigenvalue weighted by Crippen LogP contribution is 2.16. The number of benzene rings is 2. The van der Waals surface area contributed by atoms with Crippen molar-refractivity contribution in [1.82, 2.24) is 0 Å². The molecule has 26 heavy (non-hydrogen) atoms. The SMILES string of the molecule is Cc1ccc(OCCCN=C(N)Nc2ccc(OC(C)C)cc2)cc1.I. The van der Waals surface area contributed by atoms with Gasteiger partial charge in [-0.15, -0.1) is 24.0 Å². The van der Waals surface area contributed by atoms with E-state index in [9.17, 15) is 0 Å². The van der Waals surface area contributed by atoms with Crippen LogP contribution in [0, 0.1) is 6.92 Å². The van der Waals surface area contributed by atoms with Crippen LogP contribution >= 0.6 is 24.0 Å². The third-order valence-corrected chi connectivity index (χ3v) is 3.37. The molecule has 0 unspecified atom stereocenters. The van der Waals surface area contributed by atoms with E-state index < -0.39 is 0 Å². The van der Waals surface area contributed by atoms with Crippen molar-refractivity contribution in [2.24, 2.45) is 10.7 Å². The monoisotopic (exact) mass is 469 g/mol. The number of guanidine groups is 1. The lowest BCUT2D eigenvalue weighted by atomic mass is 10.2. The zero-order valence-electron chi connectivity index (χ0n) is 15.6. The first kappa shape index (κ1) is 22.1. The Morgan fingerprint density at radius 2 is 1.65 bits per heavy atom. The van der Waals surface area contributed by atoms with Gasteiger partial charge in [-0.25, -0.2) is 0 Å². The molecule has 5 nitrogen and oxygen atoms in total. The van der Waals surface area contributed by atoms with E-state index in [1.54, 1.807) is 0 Å². The van der Waals surface area contributed by atoms with E-state index in [1.807, 2.05) is 62.4 Å². The molecule has 0 spiro atoms. The van der Waals surface area contributed by atoms with Crippen molar-refractivity contribution in [1.29, 1.82) is 0 Å². The van der Waals surface area contributed by atoms with E-state index in [0.29, 0.717) is 19.1 Å². The number of hydrogen-bond acceptors (Lipinski definition) is 3. The Morgan fingerprint density at radius 1 is 1.04 bits per heavy atom. The second kappa shape index (κ2) is 11.6. The molecule has 0 aliphatic rings. The van der Waals surface area contributed by atoms with Gasteiger partial charge in [0, 0.05) is 18.7 Å². The number of nitrogens with one attached hydrogen (secondary N) is 1. The summed E-state index contributed by atoms with van der Waals surface area (Å²) in [4.78, 5) is 4.31. The van der Waals surface area contributed by atoms with Gasteiger partial charge < -0.3 is 20.5 Å². The fourth-order valence-corrected chi connectivity index (χ4v) is 2.16. The van der Waals surface area contributed by atoms with Gasteiger partial charge in [-0.05, 0) is 57.2 Å². The minimum Gasteiger partial charge on any atom is -0.494 e. The van der Waals surface area contributed by atoms with Crippen molar-refractivity contribution in [3.63, 3.8) is 0 Å². The largest absolute Gasteiger partial charge is 0.494 e. The number of anilines is 1. The lowest BCUT2D eigenvalue weighted by Crippen LogP contribution is -2.23. The summed E-state index contributed by atoms with van der Waals surface area (Å²) in [7, 11) is 0. The van der Waals surface area contributed by atoms with Crippen LogP contribution in [-0.2, 0) is 0 Å². The molecule has 0 saturated heterocycles. The van der Waals surface area contributed by atoms with E-state index in [2.05, 4.69) is 17.2 Å². The lowest BCUT2D eigenvalue weighted by molar-refractivity contribution is 0.242. The molecule has 0 saturated carbocycles. The Kier molecular flexibility index (Phi) is 9.87. The topological polar surface area (TPSA) is 68.9 Å². The van der Waals surface area contributed by atoms with Crippen LogP contribution in [-0.4, -0.2) is 25.2 Å². The molecule has 0 fully saturated rings. The summed E-state index contributed by atoms with van der Waals surface area (Å²) in [5, 5.41) is 3.07. The smallest absolute Gasteiger partial charge is 0.193 e. The minimum atomic E-state index is 0. The predicted molar refractivity (Wildman–Crippen MR) is 119 cm³/mol. The Hall–Kier alpha value is -1.96. The van der Waals surface area contributed by atoms with E-state index in [0.717, 1.165) is 23.6 Å². The second-order valence-electron chi connectivity index (χ2n) is 6.10. The van der Waals surface area contributed by atoms with Crippen LogP contribution < -0.4 is 20.5 Å². The number of aliphatic imine (C=N–C) groups is 1. The molecule has 0 bridgehead atoms. The van der Waals surface area contributed by atoms with Crippen molar-refractivity contribution < 1.29 is 9.47 Å². The molecule has 0 amide bonds. The van der Waals surface area contributed by atoms with Gasteiger partial charge in [-0.1, -0.05) is 17.7 Å². The lowest BCUT2D eigenvalue weighted by Gasteiger charge is -2.11. The van der Waals surface area contributed by atoms with E-state index in [1.165, 1.54) is 5.56 Å². The fourth-order valence-electron chi connectivity index (χ4n) is 2.16. The highest BCUT2D eigenvalue weighted by Gasteiger charge is 1.99. The van der Waals surface area contributed by atoms with Crippen molar-refractivity contribution in [3.8, 4) is 11.5 Å². The van der Waals surface area contributed by atoms with Gasteiger partial charge in [-0.3, -0.25) is 4.99 Å². The molecule has 0 aliphatic heterocycles. The number of hydrogen-bond donors (Lipinski definition) is 2. The normalized spacial score (nSPS) is 11.0. The van der Waals surface area contributed by atoms with Crippen molar-refractivity contribution in [2.75, 3.05) is 18.5 Å². The number of nitrogens with two attached hydrogens (primary N) is 1. The Morgan fingerprint density at radius 3 is 2.27 bits per heavy atom. The van der Waals surface area contributed by atoms with Crippen molar-refractivity contribution in [2.45, 2.75) is 33.3 Å². The summed E-state index contributed by atoms with van der Waals surface area (Å²) >= 11 is 0. The van der Waals surface area contributed by atoms with Gasteiger partial charge in [-0.2, -0.15) is 0 Å². The van der Waals surface area contributed by atoms with E-state index >= 15 is 0 Å². The first-order valence-corrected chi connectivity index (χ1v) is 8.56. The summed E-state index contributed by atoms with van der Waals surface area (Å²) in [6, 6.07) is 15.7. The van der Waals surface area contributed by atoms with Crippen molar-refractivity contribution in [3.05, 3.63) is 54.1 Å². The van der Waals surface area contributed by atoms with Gasteiger partial charge in [0.25, 0.3) is 0 Å². The zero-order chi connectivity index (χ0) is 18.1. The molecule has 142 valence electrons. The van der Waals surface area contributed by atoms with Gasteiger partial charge >= 0.3 is 0 Å². The maximum absolute atomic E-state index is 5.90. The molecule has 2 rings (SSSR count). The van der Waals surface area contributed by atoms with Gasteiger partial charge in [0.05, 0.1) is 12.7 Å². The average molecular weight is 469 g/mol. The molecule has 3 N–H and O–H groups in total. The summed E-state index contributed by atoms with van der Waals surface area (Å²) in [5.41, 5.74) is 8.01. The Balaban J connectivity index is 0.00000338. The van der Waals surface area contributed by atoms with Crippen LogP contribution in [0.5, 0.6) is 11.5 Å². The Labute approximate surface area is 173 Å². The van der Waals surface area contributed by atoms with E-state index in [4.69, 9.17) is 15.2 Å². The Bertz CT molecular complexity index is 670. The third kappa shape index (κ3) is 8.42. The standard InChI is InChI=1S/C20H27N3O2.HI/c1-15(2)25-19-11-7-17(8-12-19)23-20(21)22-13-4-14-24-18-9-5-16(3)6-10-18;/h5-12,15H,4,13-14H2,1-3H3,(H3,21,22,23);1H. The van der Waals surface area contributed by atoms with Crippen LogP contribution in [0.2, 0.25) is 0 Å². The maximum atomic E-state index is 5.90. The second-order valence-corrected chi connectivity index (χ2v) is 6.10. The molecular formula is C20H28IN3O2. The van der Waals surface area contributed by atoms with Gasteiger partial charge in [0.15, 0.2) is 5.96 Å². The van der Waals surface area contributed by atoms with Crippen LogP contribution in [0.3, 0.4) is 0 Å². The number of halogens is 1. The first-order chi connectivity index (χ1) is 12.0. The molecule has 6 heteroatoms. The predicted octanol–water partition coefficient (Wildman–Crippen LogP) is 4.60. The highest BCUT2D eigenvalue weighted by molar-refractivity contribution is 14.0. The molecule has 0 heterocycles. The minimum absolute atomic E-state index is 0. The fraction of sp³-hybridized carbons (Fsp3) is 0.350. The van der Waals surface area contributed by atoms with Gasteiger partial charge in [0.2, 0.25) is 0 Å².